The minimum absolute atomic E-state index is 0.241. The van der Waals surface area contributed by atoms with Crippen LogP contribution in [-0.4, -0.2) is 19.1 Å². The predicted octanol–water partition coefficient (Wildman–Crippen LogP) is 2.82. The smallest absolute Gasteiger partial charge is 0.274 e. The average Bonchev–Trinajstić information content (AvgIpc) is 2.52. The Morgan fingerprint density at radius 1 is 0.900 bits per heavy atom. The fourth-order valence-electron chi connectivity index (χ4n) is 1.60. The molecule has 2 aromatic carbocycles. The third-order valence-electron chi connectivity index (χ3n) is 2.60. The summed E-state index contributed by atoms with van der Waals surface area (Å²) in [5.74, 6) is 0.593. The Kier molecular flexibility index (Phi) is 5.61. The van der Waals surface area contributed by atoms with E-state index in [-0.39, 0.29) is 5.91 Å². The molecule has 0 saturated carbocycles. The van der Waals surface area contributed by atoms with E-state index in [1.807, 2.05) is 48.5 Å². The summed E-state index contributed by atoms with van der Waals surface area (Å²) in [7, 11) is 0. The Morgan fingerprint density at radius 2 is 1.55 bits per heavy atom. The lowest BCUT2D eigenvalue weighted by atomic mass is 10.2. The fraction of sp³-hybridized carbons (Fsp3) is 0.188. The molecule has 2 aromatic rings. The molecule has 0 unspecified atom stereocenters. The number of hydrogen-bond acceptors (Lipinski definition) is 3. The van der Waals surface area contributed by atoms with Crippen molar-refractivity contribution in [2.75, 3.05) is 13.2 Å². The van der Waals surface area contributed by atoms with Crippen molar-refractivity contribution < 1.29 is 14.4 Å². The fourth-order valence-corrected chi connectivity index (χ4v) is 1.60. The van der Waals surface area contributed by atoms with Crippen molar-refractivity contribution in [1.82, 2.24) is 5.48 Å². The number of hydrogen-bond donors (Lipinski definition) is 1. The third-order valence-corrected chi connectivity index (χ3v) is 2.60. The van der Waals surface area contributed by atoms with E-state index in [0.29, 0.717) is 25.2 Å². The molecule has 0 spiro atoms. The lowest BCUT2D eigenvalue weighted by Gasteiger charge is -2.07. The van der Waals surface area contributed by atoms with Gasteiger partial charge in [-0.05, 0) is 24.3 Å². The number of carbonyl (C=O) groups excluding carboxylic acids is 1. The number of para-hydroxylation sites is 1. The summed E-state index contributed by atoms with van der Waals surface area (Å²) in [6.45, 7) is 0.955. The van der Waals surface area contributed by atoms with E-state index in [1.54, 1.807) is 12.1 Å². The van der Waals surface area contributed by atoms with Gasteiger partial charge in [0.25, 0.3) is 5.91 Å². The number of rotatable bonds is 7. The zero-order chi connectivity index (χ0) is 14.0. The van der Waals surface area contributed by atoms with Crippen LogP contribution in [-0.2, 0) is 4.84 Å². The quantitative estimate of drug-likeness (QED) is 0.622. The molecule has 4 nitrogen and oxygen atoms in total. The lowest BCUT2D eigenvalue weighted by molar-refractivity contribution is 0.0271. The Hall–Kier alpha value is -2.33. The standard InChI is InChI=1S/C16H17NO3/c18-16(14-8-3-1-4-9-14)17-20-13-7-12-19-15-10-5-2-6-11-15/h1-6,8-11H,7,12-13H2,(H,17,18). The summed E-state index contributed by atoms with van der Waals surface area (Å²) < 4.78 is 5.50. The number of amides is 1. The summed E-state index contributed by atoms with van der Waals surface area (Å²) in [4.78, 5) is 16.7. The van der Waals surface area contributed by atoms with Crippen molar-refractivity contribution in [1.29, 1.82) is 0 Å². The highest BCUT2D eigenvalue weighted by Gasteiger charge is 2.03. The summed E-state index contributed by atoms with van der Waals surface area (Å²) in [5, 5.41) is 0. The number of benzene rings is 2. The first kappa shape index (κ1) is 14.1. The van der Waals surface area contributed by atoms with E-state index in [4.69, 9.17) is 9.57 Å². The Morgan fingerprint density at radius 3 is 2.25 bits per heavy atom. The van der Waals surface area contributed by atoms with E-state index >= 15 is 0 Å². The van der Waals surface area contributed by atoms with Crippen molar-refractivity contribution >= 4 is 5.91 Å². The first-order valence-corrected chi connectivity index (χ1v) is 6.51. The largest absolute Gasteiger partial charge is 0.494 e. The minimum Gasteiger partial charge on any atom is -0.494 e. The topological polar surface area (TPSA) is 47.6 Å². The van der Waals surface area contributed by atoms with Gasteiger partial charge in [0.15, 0.2) is 0 Å². The molecule has 0 atom stereocenters. The molecule has 0 aromatic heterocycles. The maximum absolute atomic E-state index is 11.6. The Bertz CT molecular complexity index is 514. The molecule has 0 heterocycles. The van der Waals surface area contributed by atoms with Crippen LogP contribution in [0.2, 0.25) is 0 Å². The van der Waals surface area contributed by atoms with Gasteiger partial charge in [0.1, 0.15) is 5.75 Å². The van der Waals surface area contributed by atoms with Crippen LogP contribution < -0.4 is 10.2 Å². The first-order valence-electron chi connectivity index (χ1n) is 6.51. The molecule has 0 bridgehead atoms. The van der Waals surface area contributed by atoms with Gasteiger partial charge in [-0.15, -0.1) is 0 Å². The van der Waals surface area contributed by atoms with Gasteiger partial charge in [0, 0.05) is 12.0 Å². The van der Waals surface area contributed by atoms with E-state index < -0.39 is 0 Å². The van der Waals surface area contributed by atoms with Gasteiger partial charge in [0.05, 0.1) is 13.2 Å². The molecule has 0 aliphatic heterocycles. The van der Waals surface area contributed by atoms with Crippen LogP contribution in [0.25, 0.3) is 0 Å². The molecule has 0 aliphatic rings. The highest BCUT2D eigenvalue weighted by Crippen LogP contribution is 2.08. The Labute approximate surface area is 118 Å². The van der Waals surface area contributed by atoms with Crippen LogP contribution in [0.5, 0.6) is 5.75 Å². The van der Waals surface area contributed by atoms with Gasteiger partial charge in [0.2, 0.25) is 0 Å². The van der Waals surface area contributed by atoms with Crippen molar-refractivity contribution in [2.45, 2.75) is 6.42 Å². The van der Waals surface area contributed by atoms with E-state index in [2.05, 4.69) is 5.48 Å². The molecule has 0 aliphatic carbocycles. The zero-order valence-electron chi connectivity index (χ0n) is 11.1. The highest BCUT2D eigenvalue weighted by atomic mass is 16.7. The summed E-state index contributed by atoms with van der Waals surface area (Å²) in [6, 6.07) is 18.5. The molecular formula is C16H17NO3. The molecule has 0 saturated heterocycles. The number of ether oxygens (including phenoxy) is 1. The van der Waals surface area contributed by atoms with Gasteiger partial charge >= 0.3 is 0 Å². The normalized spacial score (nSPS) is 10.0. The molecule has 104 valence electrons. The predicted molar refractivity (Wildman–Crippen MR) is 76.4 cm³/mol. The van der Waals surface area contributed by atoms with Crippen LogP contribution >= 0.6 is 0 Å². The third kappa shape index (κ3) is 4.74. The van der Waals surface area contributed by atoms with Crippen LogP contribution in [0, 0.1) is 0 Å². The van der Waals surface area contributed by atoms with Crippen molar-refractivity contribution in [3.63, 3.8) is 0 Å². The molecule has 1 N–H and O–H groups in total. The lowest BCUT2D eigenvalue weighted by Crippen LogP contribution is -2.24. The first-order chi connectivity index (χ1) is 9.86. The minimum atomic E-state index is -0.241. The second-order valence-electron chi connectivity index (χ2n) is 4.16. The van der Waals surface area contributed by atoms with Crippen molar-refractivity contribution in [3.05, 3.63) is 66.2 Å². The highest BCUT2D eigenvalue weighted by molar-refractivity contribution is 5.93. The van der Waals surface area contributed by atoms with Gasteiger partial charge in [-0.25, -0.2) is 5.48 Å². The summed E-state index contributed by atoms with van der Waals surface area (Å²) in [5.41, 5.74) is 2.98. The SMILES string of the molecule is O=C(NOCCCOc1ccccc1)c1ccccc1. The van der Waals surface area contributed by atoms with Gasteiger partial charge in [-0.2, -0.15) is 0 Å². The average molecular weight is 271 g/mol. The summed E-state index contributed by atoms with van der Waals surface area (Å²) >= 11 is 0. The van der Waals surface area contributed by atoms with Gasteiger partial charge < -0.3 is 4.74 Å². The van der Waals surface area contributed by atoms with Gasteiger partial charge in [-0.3, -0.25) is 9.63 Å². The van der Waals surface area contributed by atoms with Crippen LogP contribution in [0.4, 0.5) is 0 Å². The Balaban J connectivity index is 1.57. The number of hydroxylamine groups is 1. The zero-order valence-corrected chi connectivity index (χ0v) is 11.1. The van der Waals surface area contributed by atoms with Crippen LogP contribution in [0.3, 0.4) is 0 Å². The molecule has 2 rings (SSSR count). The molecule has 4 heteroatoms. The maximum atomic E-state index is 11.6. The second kappa shape index (κ2) is 7.96. The summed E-state index contributed by atoms with van der Waals surface area (Å²) in [6.07, 6.45) is 0.698. The molecule has 0 radical (unpaired) electrons. The molecular weight excluding hydrogens is 254 g/mol. The molecule has 20 heavy (non-hydrogen) atoms. The van der Waals surface area contributed by atoms with Crippen molar-refractivity contribution in [2.24, 2.45) is 0 Å². The van der Waals surface area contributed by atoms with Crippen LogP contribution in [0.1, 0.15) is 16.8 Å². The van der Waals surface area contributed by atoms with Gasteiger partial charge in [-0.1, -0.05) is 36.4 Å². The monoisotopic (exact) mass is 271 g/mol. The van der Waals surface area contributed by atoms with Crippen LogP contribution in [0.15, 0.2) is 60.7 Å². The molecule has 0 fully saturated rings. The van der Waals surface area contributed by atoms with Crippen molar-refractivity contribution in [3.8, 4) is 5.75 Å². The van der Waals surface area contributed by atoms with E-state index in [1.165, 1.54) is 0 Å². The van der Waals surface area contributed by atoms with E-state index in [9.17, 15) is 4.79 Å². The second-order valence-corrected chi connectivity index (χ2v) is 4.16. The van der Waals surface area contributed by atoms with E-state index in [0.717, 1.165) is 5.75 Å². The maximum Gasteiger partial charge on any atom is 0.274 e. The number of carbonyl (C=O) groups is 1. The number of nitrogens with one attached hydrogen (secondary N) is 1. The molecule has 1 amide bonds.